The van der Waals surface area contributed by atoms with Gasteiger partial charge in [0, 0.05) is 28.4 Å². The summed E-state index contributed by atoms with van der Waals surface area (Å²) in [6.45, 7) is -0.430. The van der Waals surface area contributed by atoms with Crippen LogP contribution in [0.1, 0.15) is 21.5 Å². The van der Waals surface area contributed by atoms with Crippen molar-refractivity contribution in [3.05, 3.63) is 89.7 Å². The van der Waals surface area contributed by atoms with Crippen molar-refractivity contribution in [2.24, 2.45) is 10.1 Å². The summed E-state index contributed by atoms with van der Waals surface area (Å²) in [5.41, 5.74) is 6.02. The van der Waals surface area contributed by atoms with E-state index in [-0.39, 0.29) is 16.2 Å². The first-order valence-corrected chi connectivity index (χ1v) is 11.6. The van der Waals surface area contributed by atoms with Gasteiger partial charge in [0.15, 0.2) is 0 Å². The minimum Gasteiger partial charge on any atom is -0.508 e. The molecular formula is C24H20N4O5S. The van der Waals surface area contributed by atoms with Crippen LogP contribution in [0, 0.1) is 11.8 Å². The Labute approximate surface area is 196 Å². The van der Waals surface area contributed by atoms with Gasteiger partial charge in [0.1, 0.15) is 11.5 Å². The number of carbonyl (C=O) groups excluding carboxylic acids is 3. The normalized spacial score (nSPS) is 11.9. The summed E-state index contributed by atoms with van der Waals surface area (Å²) in [5, 5.41) is 11.8. The van der Waals surface area contributed by atoms with Gasteiger partial charge in [-0.15, -0.1) is 0 Å². The van der Waals surface area contributed by atoms with Crippen molar-refractivity contribution in [3.63, 3.8) is 0 Å². The van der Waals surface area contributed by atoms with Crippen LogP contribution in [-0.4, -0.2) is 44.3 Å². The molecule has 3 rings (SSSR count). The molecule has 34 heavy (non-hydrogen) atoms. The zero-order chi connectivity index (χ0) is 24.6. The Hall–Kier alpha value is -4.49. The van der Waals surface area contributed by atoms with Crippen molar-refractivity contribution in [1.29, 1.82) is 0 Å². The van der Waals surface area contributed by atoms with Gasteiger partial charge in [-0.1, -0.05) is 36.1 Å². The predicted molar refractivity (Wildman–Crippen MR) is 125 cm³/mol. The third-order valence-corrected chi connectivity index (χ3v) is 6.43. The molecule has 0 radical (unpaired) electrons. The highest BCUT2D eigenvalue weighted by Gasteiger charge is 2.21. The molecule has 1 heterocycles. The highest BCUT2D eigenvalue weighted by Crippen LogP contribution is 2.16. The molecule has 3 amide bonds. The van der Waals surface area contributed by atoms with E-state index in [9.17, 15) is 23.7 Å². The SMILES string of the molecule is NC(=O)CNC(=O)CS(=O)(=NC(=O)c1cncc(C#Cc2cccc(O)c2)c1)c1ccccc1. The van der Waals surface area contributed by atoms with E-state index < -0.39 is 39.7 Å². The van der Waals surface area contributed by atoms with Gasteiger partial charge in [-0.05, 0) is 36.4 Å². The smallest absolute Gasteiger partial charge is 0.286 e. The molecule has 1 aromatic heterocycles. The molecule has 0 saturated heterocycles. The summed E-state index contributed by atoms with van der Waals surface area (Å²) in [5.74, 6) is 2.78. The lowest BCUT2D eigenvalue weighted by atomic mass is 10.1. The van der Waals surface area contributed by atoms with Crippen LogP contribution < -0.4 is 11.1 Å². The highest BCUT2D eigenvalue weighted by molar-refractivity contribution is 7.94. The van der Waals surface area contributed by atoms with E-state index in [1.807, 2.05) is 0 Å². The Morgan fingerprint density at radius 1 is 1.00 bits per heavy atom. The zero-order valence-electron chi connectivity index (χ0n) is 17.8. The Morgan fingerprint density at radius 2 is 1.74 bits per heavy atom. The number of phenols is 1. The van der Waals surface area contributed by atoms with E-state index in [2.05, 4.69) is 26.5 Å². The molecule has 1 atom stereocenters. The number of carbonyl (C=O) groups is 3. The number of nitrogens with one attached hydrogen (secondary N) is 1. The molecular weight excluding hydrogens is 456 g/mol. The number of aromatic nitrogens is 1. The quantitative estimate of drug-likeness (QED) is 0.458. The van der Waals surface area contributed by atoms with Crippen molar-refractivity contribution in [1.82, 2.24) is 10.3 Å². The van der Waals surface area contributed by atoms with Crippen LogP contribution in [0.3, 0.4) is 0 Å². The van der Waals surface area contributed by atoms with Crippen LogP contribution in [0.2, 0.25) is 0 Å². The Kier molecular flexibility index (Phi) is 7.74. The number of pyridine rings is 1. The lowest BCUT2D eigenvalue weighted by Crippen LogP contribution is -2.36. The highest BCUT2D eigenvalue weighted by atomic mass is 32.2. The maximum atomic E-state index is 13.6. The van der Waals surface area contributed by atoms with Gasteiger partial charge in [0.25, 0.3) is 5.91 Å². The van der Waals surface area contributed by atoms with Crippen LogP contribution in [0.5, 0.6) is 5.75 Å². The van der Waals surface area contributed by atoms with Gasteiger partial charge in [-0.25, -0.2) is 4.21 Å². The summed E-state index contributed by atoms with van der Waals surface area (Å²) >= 11 is 0. The number of nitrogens with two attached hydrogens (primary N) is 1. The maximum absolute atomic E-state index is 13.6. The fourth-order valence-electron chi connectivity index (χ4n) is 2.76. The molecule has 10 heteroatoms. The minimum atomic E-state index is -3.52. The van der Waals surface area contributed by atoms with Crippen LogP contribution in [0.25, 0.3) is 0 Å². The van der Waals surface area contributed by atoms with Crippen molar-refractivity contribution in [2.75, 3.05) is 12.3 Å². The van der Waals surface area contributed by atoms with Gasteiger partial charge in [0.05, 0.1) is 21.8 Å². The molecule has 0 fully saturated rings. The molecule has 4 N–H and O–H groups in total. The molecule has 2 aromatic carbocycles. The molecule has 0 bridgehead atoms. The first-order chi connectivity index (χ1) is 16.2. The van der Waals surface area contributed by atoms with Gasteiger partial charge >= 0.3 is 0 Å². The predicted octanol–water partition coefficient (Wildman–Crippen LogP) is 1.46. The lowest BCUT2D eigenvalue weighted by molar-refractivity contribution is -0.123. The lowest BCUT2D eigenvalue weighted by Gasteiger charge is -2.10. The van der Waals surface area contributed by atoms with Crippen LogP contribution in [-0.2, 0) is 19.3 Å². The molecule has 172 valence electrons. The number of nitrogens with zero attached hydrogens (tertiary/aromatic N) is 2. The Morgan fingerprint density at radius 3 is 2.44 bits per heavy atom. The molecule has 9 nitrogen and oxygen atoms in total. The average Bonchev–Trinajstić information content (AvgIpc) is 2.82. The summed E-state index contributed by atoms with van der Waals surface area (Å²) in [6.07, 6.45) is 2.70. The van der Waals surface area contributed by atoms with E-state index >= 15 is 0 Å². The van der Waals surface area contributed by atoms with E-state index in [4.69, 9.17) is 5.73 Å². The largest absolute Gasteiger partial charge is 0.508 e. The molecule has 0 saturated carbocycles. The number of hydrogen-bond acceptors (Lipinski definition) is 6. The number of primary amides is 1. The van der Waals surface area contributed by atoms with E-state index in [1.165, 1.54) is 42.7 Å². The second kappa shape index (κ2) is 10.9. The standard InChI is InChI=1S/C24H20N4O5S/c25-22(30)15-27-23(31)16-34(33,21-7-2-1-3-8-21)28-24(32)19-11-18(13-26-14-19)10-9-17-5-4-6-20(29)12-17/h1-8,11-14,29H,15-16H2,(H2,25,30)(H,27,31). The number of aromatic hydroxyl groups is 1. The molecule has 3 aromatic rings. The zero-order valence-corrected chi connectivity index (χ0v) is 18.6. The maximum Gasteiger partial charge on any atom is 0.286 e. The second-order valence-corrected chi connectivity index (χ2v) is 9.22. The van der Waals surface area contributed by atoms with Crippen LogP contribution in [0.4, 0.5) is 0 Å². The average molecular weight is 477 g/mol. The first-order valence-electron chi connectivity index (χ1n) is 9.90. The number of benzene rings is 2. The van der Waals surface area contributed by atoms with Gasteiger partial charge in [-0.3, -0.25) is 19.4 Å². The monoisotopic (exact) mass is 476 g/mol. The number of rotatable bonds is 6. The Balaban J connectivity index is 1.92. The molecule has 0 aliphatic carbocycles. The van der Waals surface area contributed by atoms with Crippen molar-refractivity contribution in [2.45, 2.75) is 4.90 Å². The van der Waals surface area contributed by atoms with Crippen molar-refractivity contribution < 1.29 is 23.7 Å². The minimum absolute atomic E-state index is 0.0314. The van der Waals surface area contributed by atoms with Gasteiger partial charge < -0.3 is 16.2 Å². The van der Waals surface area contributed by atoms with Crippen LogP contribution in [0.15, 0.2) is 82.3 Å². The number of hydrogen-bond donors (Lipinski definition) is 3. The Bertz CT molecular complexity index is 1420. The second-order valence-electron chi connectivity index (χ2n) is 7.00. The van der Waals surface area contributed by atoms with Gasteiger partial charge in [-0.2, -0.15) is 4.36 Å². The van der Waals surface area contributed by atoms with E-state index in [0.29, 0.717) is 11.1 Å². The number of phenolic OH excluding ortho intramolecular Hbond substituents is 1. The fourth-order valence-corrected chi connectivity index (χ4v) is 4.51. The fraction of sp³-hybridized carbons (Fsp3) is 0.0833. The van der Waals surface area contributed by atoms with Crippen molar-refractivity contribution >= 4 is 27.5 Å². The summed E-state index contributed by atoms with van der Waals surface area (Å²) < 4.78 is 17.5. The topological polar surface area (TPSA) is 152 Å². The van der Waals surface area contributed by atoms with Gasteiger partial charge in [0.2, 0.25) is 11.8 Å². The first kappa shape index (κ1) is 24.2. The molecule has 1 unspecified atom stereocenters. The number of amides is 3. The van der Waals surface area contributed by atoms with Crippen LogP contribution >= 0.6 is 0 Å². The molecule has 0 aliphatic rings. The molecule has 0 spiro atoms. The third-order valence-electron chi connectivity index (χ3n) is 4.31. The summed E-state index contributed by atoms with van der Waals surface area (Å²) in [6, 6.07) is 15.7. The summed E-state index contributed by atoms with van der Waals surface area (Å²) in [7, 11) is -3.52. The summed E-state index contributed by atoms with van der Waals surface area (Å²) in [4.78, 5) is 40.2. The van der Waals surface area contributed by atoms with Crippen molar-refractivity contribution in [3.8, 4) is 17.6 Å². The molecule has 0 aliphatic heterocycles. The van der Waals surface area contributed by atoms with E-state index in [1.54, 1.807) is 30.3 Å². The third kappa shape index (κ3) is 6.75. The van der Waals surface area contributed by atoms with E-state index in [0.717, 1.165) is 0 Å².